The van der Waals surface area contributed by atoms with E-state index in [1.165, 1.54) is 24.3 Å². The molecule has 0 fully saturated rings. The second-order valence-electron chi connectivity index (χ2n) is 7.12. The lowest BCUT2D eigenvalue weighted by atomic mass is 10.0. The van der Waals surface area contributed by atoms with Crippen molar-refractivity contribution in [3.63, 3.8) is 0 Å². The number of hydrogen-bond acceptors (Lipinski definition) is 3. The van der Waals surface area contributed by atoms with Gasteiger partial charge in [-0.1, -0.05) is 24.3 Å². The van der Waals surface area contributed by atoms with Gasteiger partial charge in [0.25, 0.3) is 5.70 Å². The summed E-state index contributed by atoms with van der Waals surface area (Å²) in [6.45, 7) is 7.46. The van der Waals surface area contributed by atoms with E-state index in [1.807, 2.05) is 30.3 Å². The third-order valence-corrected chi connectivity index (χ3v) is 5.27. The minimum atomic E-state index is -0.390. The molecular formula is C26H12F2N4. The number of benzene rings is 3. The van der Waals surface area contributed by atoms with Crippen molar-refractivity contribution in [2.75, 3.05) is 0 Å². The minimum absolute atomic E-state index is 0.0786. The van der Waals surface area contributed by atoms with Crippen molar-refractivity contribution in [2.45, 2.75) is 0 Å². The van der Waals surface area contributed by atoms with Gasteiger partial charge < -0.3 is 0 Å². The maximum atomic E-state index is 13.6. The fourth-order valence-corrected chi connectivity index (χ4v) is 3.83. The van der Waals surface area contributed by atoms with Crippen molar-refractivity contribution in [3.05, 3.63) is 113 Å². The summed E-state index contributed by atoms with van der Waals surface area (Å²) in [7, 11) is 0. The second kappa shape index (κ2) is 7.54. The lowest BCUT2D eigenvalue weighted by Gasteiger charge is -2.12. The highest BCUT2D eigenvalue weighted by molar-refractivity contribution is 6.02. The Balaban J connectivity index is 1.88. The fraction of sp³-hybridized carbons (Fsp3) is 0. The van der Waals surface area contributed by atoms with Crippen LogP contribution in [-0.4, -0.2) is 9.97 Å². The van der Waals surface area contributed by atoms with E-state index >= 15 is 0 Å². The van der Waals surface area contributed by atoms with Crippen molar-refractivity contribution in [3.8, 4) is 39.8 Å². The maximum absolute atomic E-state index is 13.6. The van der Waals surface area contributed by atoms with Gasteiger partial charge in [-0.15, -0.1) is 0 Å². The van der Waals surface area contributed by atoms with Crippen LogP contribution in [0.25, 0.3) is 44.2 Å². The van der Waals surface area contributed by atoms with Crippen molar-refractivity contribution >= 4 is 5.57 Å². The van der Waals surface area contributed by atoms with Crippen LogP contribution in [0, 0.1) is 29.5 Å². The van der Waals surface area contributed by atoms with Crippen LogP contribution in [-0.2, 0) is 0 Å². The molecule has 0 aliphatic heterocycles. The number of fused-ring (bicyclic) bond motifs is 3. The molecule has 32 heavy (non-hydrogen) atoms. The number of halogens is 2. The van der Waals surface area contributed by atoms with Gasteiger partial charge in [0.2, 0.25) is 0 Å². The summed E-state index contributed by atoms with van der Waals surface area (Å²) < 4.78 is 27.1. The maximum Gasteiger partial charge on any atom is 0.271 e. The molecule has 1 aromatic heterocycles. The number of hydrogen-bond donors (Lipinski definition) is 0. The summed E-state index contributed by atoms with van der Waals surface area (Å²) in [5.74, 6) is -0.767. The van der Waals surface area contributed by atoms with Crippen molar-refractivity contribution < 1.29 is 8.78 Å². The second-order valence-corrected chi connectivity index (χ2v) is 7.12. The van der Waals surface area contributed by atoms with Gasteiger partial charge in [0.15, 0.2) is 0 Å². The molecule has 150 valence electrons. The van der Waals surface area contributed by atoms with Crippen LogP contribution in [0.2, 0.25) is 0 Å². The Morgan fingerprint density at radius 2 is 1.22 bits per heavy atom. The average molecular weight is 418 g/mol. The Morgan fingerprint density at radius 1 is 0.719 bits per heavy atom. The molecule has 1 aliphatic carbocycles. The Hall–Kier alpha value is -4.68. The highest BCUT2D eigenvalue weighted by Gasteiger charge is 2.31. The largest absolute Gasteiger partial charge is 0.271 e. The molecule has 4 nitrogen and oxygen atoms in total. The lowest BCUT2D eigenvalue weighted by molar-refractivity contribution is 0.627. The first kappa shape index (κ1) is 19.3. The highest BCUT2D eigenvalue weighted by Crippen LogP contribution is 2.46. The smallest absolute Gasteiger partial charge is 0.244 e. The topological polar surface area (TPSA) is 53.9 Å². The molecule has 0 unspecified atom stereocenters. The van der Waals surface area contributed by atoms with Crippen molar-refractivity contribution in [1.29, 1.82) is 5.26 Å². The number of aromatic nitrogens is 2. The third kappa shape index (κ3) is 3.03. The number of rotatable bonds is 2. The molecule has 1 heterocycles. The van der Waals surface area contributed by atoms with Crippen LogP contribution < -0.4 is 0 Å². The fourth-order valence-electron chi connectivity index (χ4n) is 3.83. The summed E-state index contributed by atoms with van der Waals surface area (Å²) in [6, 6.07) is 21.0. The average Bonchev–Trinajstić information content (AvgIpc) is 3.14. The molecule has 0 radical (unpaired) electrons. The molecule has 0 saturated carbocycles. The molecule has 5 rings (SSSR count). The number of nitrogens with zero attached hydrogens (tertiary/aromatic N) is 4. The van der Waals surface area contributed by atoms with Gasteiger partial charge in [0, 0.05) is 22.3 Å². The standard InChI is InChI=1S/C26H12F2N4/c1-30-21(14-29)22-19-4-2-3-5-20(19)25-26(22)32-24(16-8-12-18(28)13-9-16)23(31-25)15-6-10-17(27)11-7-15/h2-13H. The molecule has 0 N–H and O–H groups in total. The molecule has 0 amide bonds. The highest BCUT2D eigenvalue weighted by atomic mass is 19.1. The zero-order valence-corrected chi connectivity index (χ0v) is 16.5. The molecule has 0 bridgehead atoms. The molecule has 0 atom stereocenters. The van der Waals surface area contributed by atoms with Gasteiger partial charge in [-0.25, -0.2) is 28.9 Å². The van der Waals surface area contributed by atoms with E-state index in [-0.39, 0.29) is 17.3 Å². The molecule has 0 saturated heterocycles. The van der Waals surface area contributed by atoms with Crippen molar-refractivity contribution in [1.82, 2.24) is 9.97 Å². The van der Waals surface area contributed by atoms with E-state index in [0.717, 1.165) is 5.56 Å². The van der Waals surface area contributed by atoms with Crippen LogP contribution in [0.15, 0.2) is 78.5 Å². The van der Waals surface area contributed by atoms with E-state index < -0.39 is 0 Å². The van der Waals surface area contributed by atoms with E-state index in [2.05, 4.69) is 4.85 Å². The van der Waals surface area contributed by atoms with Crippen LogP contribution in [0.3, 0.4) is 0 Å². The molecular weight excluding hydrogens is 406 g/mol. The zero-order valence-electron chi connectivity index (χ0n) is 16.5. The monoisotopic (exact) mass is 418 g/mol. The van der Waals surface area contributed by atoms with Crippen LogP contribution in [0.1, 0.15) is 11.3 Å². The van der Waals surface area contributed by atoms with Crippen LogP contribution in [0.5, 0.6) is 0 Å². The SMILES string of the molecule is [C-]#[N+]C(C#N)=C1c2ccccc2-c2nc(-c3ccc(F)cc3)c(-c3ccc(F)cc3)nc21. The van der Waals surface area contributed by atoms with E-state index in [9.17, 15) is 14.0 Å². The summed E-state index contributed by atoms with van der Waals surface area (Å²) in [5.41, 5.74) is 4.96. The molecule has 6 heteroatoms. The Morgan fingerprint density at radius 3 is 1.72 bits per heavy atom. The first-order valence-electron chi connectivity index (χ1n) is 9.66. The first-order chi connectivity index (χ1) is 15.6. The first-order valence-corrected chi connectivity index (χ1v) is 9.66. The number of nitriles is 1. The predicted molar refractivity (Wildman–Crippen MR) is 116 cm³/mol. The van der Waals surface area contributed by atoms with Gasteiger partial charge in [-0.2, -0.15) is 0 Å². The van der Waals surface area contributed by atoms with E-state index in [4.69, 9.17) is 16.5 Å². The minimum Gasteiger partial charge on any atom is -0.244 e. The van der Waals surface area contributed by atoms with Crippen LogP contribution >= 0.6 is 0 Å². The Labute approximate surface area is 182 Å². The summed E-state index contributed by atoms with van der Waals surface area (Å²) in [5, 5.41) is 9.57. The number of allylic oxidation sites excluding steroid dienone is 1. The quantitative estimate of drug-likeness (QED) is 0.251. The molecule has 1 aliphatic rings. The molecule has 0 spiro atoms. The zero-order chi connectivity index (χ0) is 22.2. The Kier molecular flexibility index (Phi) is 4.54. The Bertz CT molecular complexity index is 1470. The van der Waals surface area contributed by atoms with Gasteiger partial charge in [0.05, 0.1) is 35.4 Å². The summed E-state index contributed by atoms with van der Waals surface area (Å²) in [6.07, 6.45) is 0. The van der Waals surface area contributed by atoms with Gasteiger partial charge in [-0.3, -0.25) is 0 Å². The van der Waals surface area contributed by atoms with Crippen molar-refractivity contribution in [2.24, 2.45) is 0 Å². The van der Waals surface area contributed by atoms with E-state index in [1.54, 1.807) is 24.3 Å². The predicted octanol–water partition coefficient (Wildman–Crippen LogP) is 6.27. The normalized spacial score (nSPS) is 13.0. The third-order valence-electron chi connectivity index (χ3n) is 5.27. The molecule has 3 aromatic carbocycles. The van der Waals surface area contributed by atoms with Gasteiger partial charge in [0.1, 0.15) is 11.6 Å². The summed E-state index contributed by atoms with van der Waals surface area (Å²) in [4.78, 5) is 13.1. The van der Waals surface area contributed by atoms with Gasteiger partial charge in [-0.05, 0) is 54.1 Å². The lowest BCUT2D eigenvalue weighted by Crippen LogP contribution is -2.00. The summed E-state index contributed by atoms with van der Waals surface area (Å²) >= 11 is 0. The van der Waals surface area contributed by atoms with Crippen LogP contribution in [0.4, 0.5) is 8.78 Å². The van der Waals surface area contributed by atoms with Gasteiger partial charge >= 0.3 is 0 Å². The molecule has 4 aromatic rings. The van der Waals surface area contributed by atoms with E-state index in [0.29, 0.717) is 45.0 Å².